The van der Waals surface area contributed by atoms with Gasteiger partial charge in [-0.15, -0.1) is 0 Å². The molecular formula is C30H22ClN5O3. The summed E-state index contributed by atoms with van der Waals surface area (Å²) in [5, 5.41) is 1.73. The number of fused-ring (bicyclic) bond motifs is 2. The first-order valence-corrected chi connectivity index (χ1v) is 12.5. The van der Waals surface area contributed by atoms with Crippen LogP contribution in [0.2, 0.25) is 5.02 Å². The molecule has 0 saturated carbocycles. The summed E-state index contributed by atoms with van der Waals surface area (Å²) in [6.07, 6.45) is 1.66. The predicted molar refractivity (Wildman–Crippen MR) is 154 cm³/mol. The van der Waals surface area contributed by atoms with Crippen LogP contribution < -0.4 is 20.8 Å². The van der Waals surface area contributed by atoms with Gasteiger partial charge in [0.15, 0.2) is 17.1 Å². The molecule has 0 saturated heterocycles. The predicted octanol–water partition coefficient (Wildman–Crippen LogP) is 6.55. The number of H-pyrrole nitrogens is 1. The number of aromatic nitrogens is 4. The number of aromatic amines is 1. The summed E-state index contributed by atoms with van der Waals surface area (Å²) < 4.78 is 12.0. The van der Waals surface area contributed by atoms with Gasteiger partial charge < -0.3 is 15.2 Å². The van der Waals surface area contributed by atoms with E-state index in [1.807, 2.05) is 55.5 Å². The van der Waals surface area contributed by atoms with Crippen LogP contribution in [0.4, 0.5) is 5.95 Å². The number of ether oxygens (including phenoxy) is 2. The molecule has 3 aromatic carbocycles. The molecule has 192 valence electrons. The molecule has 3 aromatic heterocycles. The van der Waals surface area contributed by atoms with Gasteiger partial charge in [-0.05, 0) is 55.0 Å². The van der Waals surface area contributed by atoms with Gasteiger partial charge in [-0.25, -0.2) is 4.98 Å². The second kappa shape index (κ2) is 9.74. The number of pyridine rings is 2. The summed E-state index contributed by atoms with van der Waals surface area (Å²) in [6, 6.07) is 22.5. The van der Waals surface area contributed by atoms with Crippen LogP contribution in [-0.2, 0) is 0 Å². The third-order valence-corrected chi connectivity index (χ3v) is 6.64. The van der Waals surface area contributed by atoms with Crippen LogP contribution >= 0.6 is 11.6 Å². The Kier molecular flexibility index (Phi) is 6.09. The Morgan fingerprint density at radius 1 is 0.872 bits per heavy atom. The molecule has 0 aliphatic heterocycles. The van der Waals surface area contributed by atoms with Crippen LogP contribution in [0.1, 0.15) is 5.56 Å². The number of aryl methyl sites for hydroxylation is 1. The zero-order chi connectivity index (χ0) is 27.1. The van der Waals surface area contributed by atoms with Crippen molar-refractivity contribution >= 4 is 39.5 Å². The minimum absolute atomic E-state index is 0.000741. The van der Waals surface area contributed by atoms with Crippen LogP contribution in [0.25, 0.3) is 44.3 Å². The highest BCUT2D eigenvalue weighted by Crippen LogP contribution is 2.39. The monoisotopic (exact) mass is 535 g/mol. The van der Waals surface area contributed by atoms with E-state index in [2.05, 4.69) is 19.9 Å². The Morgan fingerprint density at radius 3 is 2.46 bits per heavy atom. The van der Waals surface area contributed by atoms with Gasteiger partial charge in [0.2, 0.25) is 5.95 Å². The topological polar surface area (TPSA) is 116 Å². The molecule has 6 aromatic rings. The fourth-order valence-corrected chi connectivity index (χ4v) is 4.65. The lowest BCUT2D eigenvalue weighted by atomic mass is 9.99. The molecule has 0 radical (unpaired) electrons. The summed E-state index contributed by atoms with van der Waals surface area (Å²) >= 11 is 6.13. The summed E-state index contributed by atoms with van der Waals surface area (Å²) in [6.45, 7) is 2.02. The molecule has 0 atom stereocenters. The number of nitrogens with two attached hydrogens (primary N) is 1. The third-order valence-electron chi connectivity index (χ3n) is 6.40. The molecule has 0 aliphatic carbocycles. The fraction of sp³-hybridized carbons (Fsp3) is 0.0667. The second-order valence-corrected chi connectivity index (χ2v) is 9.45. The standard InChI is InChI=1S/C30H22ClN5O3/c1-16-3-5-17(6-4-16)22-15-21(27-28(34-22)35-30(32)36-29(27)37)18-7-10-25(26(13-18)38-2)39-24-11-12-33-23-14-19(31)8-9-20(23)24/h3-15H,1-2H3,(H3,32,34,35,36,37). The van der Waals surface area contributed by atoms with Crippen molar-refractivity contribution in [3.8, 4) is 39.6 Å². The Balaban J connectivity index is 1.49. The van der Waals surface area contributed by atoms with Crippen molar-refractivity contribution in [2.75, 3.05) is 12.8 Å². The average molecular weight is 536 g/mol. The van der Waals surface area contributed by atoms with Crippen LogP contribution in [0, 0.1) is 6.92 Å². The maximum atomic E-state index is 13.0. The highest BCUT2D eigenvalue weighted by molar-refractivity contribution is 6.31. The van der Waals surface area contributed by atoms with Crippen molar-refractivity contribution in [1.82, 2.24) is 19.9 Å². The van der Waals surface area contributed by atoms with E-state index in [1.165, 1.54) is 0 Å². The van der Waals surface area contributed by atoms with E-state index < -0.39 is 0 Å². The number of nitrogen functional groups attached to an aromatic ring is 1. The molecule has 0 aliphatic rings. The molecule has 8 nitrogen and oxygen atoms in total. The van der Waals surface area contributed by atoms with E-state index in [1.54, 1.807) is 37.6 Å². The quantitative estimate of drug-likeness (QED) is 0.257. The summed E-state index contributed by atoms with van der Waals surface area (Å²) in [4.78, 5) is 28.9. The van der Waals surface area contributed by atoms with Gasteiger partial charge in [0.25, 0.3) is 5.56 Å². The first-order chi connectivity index (χ1) is 18.9. The van der Waals surface area contributed by atoms with Crippen molar-refractivity contribution in [1.29, 1.82) is 0 Å². The molecule has 3 N–H and O–H groups in total. The van der Waals surface area contributed by atoms with Crippen molar-refractivity contribution in [3.05, 3.63) is 99.9 Å². The van der Waals surface area contributed by atoms with E-state index in [4.69, 9.17) is 26.8 Å². The van der Waals surface area contributed by atoms with Crippen molar-refractivity contribution in [2.24, 2.45) is 0 Å². The van der Waals surface area contributed by atoms with Crippen LogP contribution in [0.5, 0.6) is 17.2 Å². The lowest BCUT2D eigenvalue weighted by Crippen LogP contribution is -2.13. The molecule has 0 unspecified atom stereocenters. The smallest absolute Gasteiger partial charge is 0.262 e. The van der Waals surface area contributed by atoms with E-state index in [9.17, 15) is 4.79 Å². The molecule has 39 heavy (non-hydrogen) atoms. The number of hydrogen-bond donors (Lipinski definition) is 2. The average Bonchev–Trinajstić information content (AvgIpc) is 2.92. The number of hydrogen-bond acceptors (Lipinski definition) is 7. The molecule has 9 heteroatoms. The molecule has 0 fully saturated rings. The largest absolute Gasteiger partial charge is 0.493 e. The summed E-state index contributed by atoms with van der Waals surface area (Å²) in [5.41, 5.74) is 10.5. The van der Waals surface area contributed by atoms with Crippen molar-refractivity contribution < 1.29 is 9.47 Å². The number of anilines is 1. The molecule has 3 heterocycles. The van der Waals surface area contributed by atoms with Gasteiger partial charge in [0, 0.05) is 27.7 Å². The number of nitrogens with zero attached hydrogens (tertiary/aromatic N) is 3. The summed E-state index contributed by atoms with van der Waals surface area (Å²) in [5.74, 6) is 1.58. The van der Waals surface area contributed by atoms with E-state index in [-0.39, 0.29) is 17.2 Å². The SMILES string of the molecule is COc1cc(-c2cc(-c3ccc(C)cc3)nc3nc(N)[nH]c(=O)c23)ccc1Oc1ccnc2cc(Cl)ccc12. The molecule has 0 bridgehead atoms. The number of benzene rings is 3. The van der Waals surface area contributed by atoms with E-state index in [0.717, 1.165) is 22.1 Å². The van der Waals surface area contributed by atoms with Gasteiger partial charge in [0.05, 0.1) is 23.7 Å². The van der Waals surface area contributed by atoms with Crippen LogP contribution in [-0.4, -0.2) is 27.0 Å². The Bertz CT molecular complexity index is 1940. The molecule has 0 amide bonds. The normalized spacial score (nSPS) is 11.2. The number of rotatable bonds is 5. The van der Waals surface area contributed by atoms with Crippen LogP contribution in [0.3, 0.4) is 0 Å². The van der Waals surface area contributed by atoms with Gasteiger partial charge in [0.1, 0.15) is 5.75 Å². The molecule has 6 rings (SSSR count). The van der Waals surface area contributed by atoms with Crippen LogP contribution in [0.15, 0.2) is 83.8 Å². The van der Waals surface area contributed by atoms with Crippen molar-refractivity contribution in [2.45, 2.75) is 6.92 Å². The molecule has 0 spiro atoms. The van der Waals surface area contributed by atoms with Gasteiger partial charge in [-0.3, -0.25) is 14.8 Å². The maximum absolute atomic E-state index is 13.0. The Morgan fingerprint density at radius 2 is 1.67 bits per heavy atom. The highest BCUT2D eigenvalue weighted by Gasteiger charge is 2.17. The molecular weight excluding hydrogens is 514 g/mol. The number of halogens is 1. The zero-order valence-electron chi connectivity index (χ0n) is 21.0. The highest BCUT2D eigenvalue weighted by atomic mass is 35.5. The van der Waals surface area contributed by atoms with Gasteiger partial charge >= 0.3 is 0 Å². The van der Waals surface area contributed by atoms with E-state index >= 15 is 0 Å². The van der Waals surface area contributed by atoms with E-state index in [0.29, 0.717) is 44.4 Å². The minimum atomic E-state index is -0.378. The number of methoxy groups -OCH3 is 1. The second-order valence-electron chi connectivity index (χ2n) is 9.01. The summed E-state index contributed by atoms with van der Waals surface area (Å²) in [7, 11) is 1.56. The first-order valence-electron chi connectivity index (χ1n) is 12.1. The Labute approximate surface area is 228 Å². The van der Waals surface area contributed by atoms with Gasteiger partial charge in [-0.2, -0.15) is 4.98 Å². The lowest BCUT2D eigenvalue weighted by Gasteiger charge is -2.15. The first kappa shape index (κ1) is 24.4. The van der Waals surface area contributed by atoms with Crippen molar-refractivity contribution in [3.63, 3.8) is 0 Å². The maximum Gasteiger partial charge on any atom is 0.262 e. The lowest BCUT2D eigenvalue weighted by molar-refractivity contribution is 0.380. The van der Waals surface area contributed by atoms with Gasteiger partial charge in [-0.1, -0.05) is 47.5 Å². The third kappa shape index (κ3) is 4.62. The number of nitrogens with one attached hydrogen (secondary N) is 1. The zero-order valence-corrected chi connectivity index (χ0v) is 21.8. The minimum Gasteiger partial charge on any atom is -0.493 e. The fourth-order valence-electron chi connectivity index (χ4n) is 4.48. The Hall–Kier alpha value is -4.95.